The molecule has 3 rings (SSSR count). The lowest BCUT2D eigenvalue weighted by atomic mass is 10.2. The maximum Gasteiger partial charge on any atom is 0.289 e. The predicted octanol–water partition coefficient (Wildman–Crippen LogP) is 0.533. The first-order valence-electron chi connectivity index (χ1n) is 7.25. The van der Waals surface area contributed by atoms with E-state index in [0.717, 1.165) is 18.8 Å². The van der Waals surface area contributed by atoms with Crippen LogP contribution in [0.3, 0.4) is 0 Å². The standard InChI is InChI=1S/C14H20N2O4S/c1-11-2-3-13(20-11)14(17)16-7-5-15(6-8-16)12-4-9-21(18,19)10-12/h2-3,12H,4-10H2,1H3. The minimum atomic E-state index is -2.85. The molecule has 2 aliphatic rings. The lowest BCUT2D eigenvalue weighted by Crippen LogP contribution is -2.52. The Morgan fingerprint density at radius 2 is 1.95 bits per heavy atom. The van der Waals surface area contributed by atoms with Crippen LogP contribution in [0.25, 0.3) is 0 Å². The van der Waals surface area contributed by atoms with Crippen LogP contribution in [0.4, 0.5) is 0 Å². The zero-order valence-corrected chi connectivity index (χ0v) is 12.9. The van der Waals surface area contributed by atoms with Crippen molar-refractivity contribution in [3.8, 4) is 0 Å². The average molecular weight is 312 g/mol. The molecule has 21 heavy (non-hydrogen) atoms. The van der Waals surface area contributed by atoms with Gasteiger partial charge in [-0.2, -0.15) is 0 Å². The van der Waals surface area contributed by atoms with E-state index in [9.17, 15) is 13.2 Å². The SMILES string of the molecule is Cc1ccc(C(=O)N2CCN(C3CCS(=O)(=O)C3)CC2)o1. The molecule has 1 aromatic rings. The van der Waals surface area contributed by atoms with Crippen LogP contribution in [0.2, 0.25) is 0 Å². The fourth-order valence-corrected chi connectivity index (χ4v) is 4.82. The first-order valence-corrected chi connectivity index (χ1v) is 9.07. The third kappa shape index (κ3) is 3.13. The van der Waals surface area contributed by atoms with Crippen molar-refractivity contribution in [2.75, 3.05) is 37.7 Å². The summed E-state index contributed by atoms with van der Waals surface area (Å²) in [6, 6.07) is 3.61. The Hall–Kier alpha value is -1.34. The zero-order valence-electron chi connectivity index (χ0n) is 12.1. The molecule has 1 atom stereocenters. The highest BCUT2D eigenvalue weighted by Crippen LogP contribution is 2.20. The van der Waals surface area contributed by atoms with Crippen LogP contribution >= 0.6 is 0 Å². The van der Waals surface area contributed by atoms with E-state index in [-0.39, 0.29) is 17.7 Å². The molecule has 6 nitrogen and oxygen atoms in total. The highest BCUT2D eigenvalue weighted by atomic mass is 32.2. The van der Waals surface area contributed by atoms with Crippen molar-refractivity contribution in [1.82, 2.24) is 9.80 Å². The minimum Gasteiger partial charge on any atom is -0.456 e. The quantitative estimate of drug-likeness (QED) is 0.797. The molecular weight excluding hydrogens is 292 g/mol. The monoisotopic (exact) mass is 312 g/mol. The summed E-state index contributed by atoms with van der Waals surface area (Å²) in [6.07, 6.45) is 0.716. The highest BCUT2D eigenvalue weighted by Gasteiger charge is 2.34. The van der Waals surface area contributed by atoms with Crippen molar-refractivity contribution < 1.29 is 17.6 Å². The van der Waals surface area contributed by atoms with Gasteiger partial charge in [-0.05, 0) is 25.5 Å². The molecule has 2 saturated heterocycles. The normalized spacial score (nSPS) is 26.1. The van der Waals surface area contributed by atoms with Crippen molar-refractivity contribution in [3.05, 3.63) is 23.7 Å². The molecule has 2 fully saturated rings. The number of hydrogen-bond donors (Lipinski definition) is 0. The molecule has 0 aliphatic carbocycles. The third-order valence-electron chi connectivity index (χ3n) is 4.28. The largest absolute Gasteiger partial charge is 0.456 e. The van der Waals surface area contributed by atoms with Gasteiger partial charge in [0, 0.05) is 32.2 Å². The van der Waals surface area contributed by atoms with Crippen LogP contribution in [0.1, 0.15) is 22.7 Å². The van der Waals surface area contributed by atoms with Crippen molar-refractivity contribution in [1.29, 1.82) is 0 Å². The second-order valence-corrected chi connectivity index (χ2v) is 8.02. The van der Waals surface area contributed by atoms with Crippen molar-refractivity contribution in [3.63, 3.8) is 0 Å². The average Bonchev–Trinajstić information content (AvgIpc) is 3.04. The van der Waals surface area contributed by atoms with E-state index in [1.54, 1.807) is 17.0 Å². The first kappa shape index (κ1) is 14.6. The molecule has 0 aromatic carbocycles. The van der Waals surface area contributed by atoms with Gasteiger partial charge in [-0.3, -0.25) is 9.69 Å². The van der Waals surface area contributed by atoms with Crippen LogP contribution < -0.4 is 0 Å². The molecule has 0 bridgehead atoms. The van der Waals surface area contributed by atoms with Crippen LogP contribution in [0.15, 0.2) is 16.5 Å². The molecule has 1 amide bonds. The smallest absolute Gasteiger partial charge is 0.289 e. The van der Waals surface area contributed by atoms with Crippen molar-refractivity contribution in [2.24, 2.45) is 0 Å². The summed E-state index contributed by atoms with van der Waals surface area (Å²) in [5, 5.41) is 0. The van der Waals surface area contributed by atoms with Gasteiger partial charge >= 0.3 is 0 Å². The van der Waals surface area contributed by atoms with Gasteiger partial charge in [0.25, 0.3) is 5.91 Å². The van der Waals surface area contributed by atoms with Crippen molar-refractivity contribution >= 4 is 15.7 Å². The number of carbonyl (C=O) groups is 1. The number of sulfone groups is 1. The highest BCUT2D eigenvalue weighted by molar-refractivity contribution is 7.91. The van der Waals surface area contributed by atoms with Gasteiger partial charge in [0.05, 0.1) is 11.5 Å². The lowest BCUT2D eigenvalue weighted by molar-refractivity contribution is 0.0557. The number of rotatable bonds is 2. The zero-order chi connectivity index (χ0) is 15.0. The Morgan fingerprint density at radius 3 is 2.48 bits per heavy atom. The lowest BCUT2D eigenvalue weighted by Gasteiger charge is -2.37. The third-order valence-corrected chi connectivity index (χ3v) is 6.03. The Balaban J connectivity index is 1.57. The summed E-state index contributed by atoms with van der Waals surface area (Å²) in [6.45, 7) is 4.51. The summed E-state index contributed by atoms with van der Waals surface area (Å²) < 4.78 is 28.4. The number of furan rings is 1. The number of hydrogen-bond acceptors (Lipinski definition) is 5. The molecule has 116 valence electrons. The Morgan fingerprint density at radius 1 is 1.24 bits per heavy atom. The predicted molar refractivity (Wildman–Crippen MR) is 78.0 cm³/mol. The van der Waals surface area contributed by atoms with Gasteiger partial charge < -0.3 is 9.32 Å². The molecule has 1 aromatic heterocycles. The van der Waals surface area contributed by atoms with Gasteiger partial charge in [0.15, 0.2) is 15.6 Å². The summed E-state index contributed by atoms with van der Waals surface area (Å²) in [5.74, 6) is 1.58. The van der Waals surface area contributed by atoms with Crippen LogP contribution in [0, 0.1) is 6.92 Å². The minimum absolute atomic E-state index is 0.0817. The summed E-state index contributed by atoms with van der Waals surface area (Å²) in [4.78, 5) is 16.2. The van der Waals surface area contributed by atoms with Gasteiger partial charge in [-0.15, -0.1) is 0 Å². The van der Waals surface area contributed by atoms with E-state index in [1.165, 1.54) is 0 Å². The molecule has 0 N–H and O–H groups in total. The van der Waals surface area contributed by atoms with Crippen molar-refractivity contribution in [2.45, 2.75) is 19.4 Å². The molecule has 7 heteroatoms. The fourth-order valence-electron chi connectivity index (χ4n) is 3.06. The van der Waals surface area contributed by atoms with E-state index >= 15 is 0 Å². The van der Waals surface area contributed by atoms with Crippen LogP contribution in [0.5, 0.6) is 0 Å². The molecule has 0 spiro atoms. The maximum atomic E-state index is 12.3. The van der Waals surface area contributed by atoms with Gasteiger partial charge in [0.2, 0.25) is 0 Å². The maximum absolute atomic E-state index is 12.3. The molecule has 1 unspecified atom stereocenters. The number of amides is 1. The summed E-state index contributed by atoms with van der Waals surface area (Å²) in [5.41, 5.74) is 0. The van der Waals surface area contributed by atoms with Gasteiger partial charge in [-0.25, -0.2) is 8.42 Å². The van der Waals surface area contributed by atoms with Gasteiger partial charge in [0.1, 0.15) is 5.76 Å². The fraction of sp³-hybridized carbons (Fsp3) is 0.643. The van der Waals surface area contributed by atoms with E-state index in [1.807, 2.05) is 6.92 Å². The van der Waals surface area contributed by atoms with Crippen LogP contribution in [-0.4, -0.2) is 67.9 Å². The molecule has 2 aliphatic heterocycles. The molecular formula is C14H20N2O4S. The molecule has 0 saturated carbocycles. The summed E-state index contributed by atoms with van der Waals surface area (Å²) >= 11 is 0. The number of nitrogens with zero attached hydrogens (tertiary/aromatic N) is 2. The second-order valence-electron chi connectivity index (χ2n) is 5.80. The Bertz CT molecular complexity index is 629. The van der Waals surface area contributed by atoms with Gasteiger partial charge in [-0.1, -0.05) is 0 Å². The topological polar surface area (TPSA) is 70.8 Å². The number of carbonyl (C=O) groups excluding carboxylic acids is 1. The first-order chi connectivity index (χ1) is 9.94. The second kappa shape index (κ2) is 5.46. The molecule has 3 heterocycles. The Labute approximate surface area is 124 Å². The van der Waals surface area contributed by atoms with E-state index < -0.39 is 9.84 Å². The van der Waals surface area contributed by atoms with E-state index in [4.69, 9.17) is 4.42 Å². The van der Waals surface area contributed by atoms with E-state index in [0.29, 0.717) is 31.0 Å². The summed E-state index contributed by atoms with van der Waals surface area (Å²) in [7, 11) is -2.85. The van der Waals surface area contributed by atoms with E-state index in [2.05, 4.69) is 4.90 Å². The number of aryl methyl sites for hydroxylation is 1. The molecule has 0 radical (unpaired) electrons. The number of piperazine rings is 1. The van der Waals surface area contributed by atoms with Crippen LogP contribution in [-0.2, 0) is 9.84 Å². The Kier molecular flexibility index (Phi) is 3.79.